The minimum atomic E-state index is -0.537. The summed E-state index contributed by atoms with van der Waals surface area (Å²) in [7, 11) is 0. The van der Waals surface area contributed by atoms with E-state index in [0.717, 1.165) is 19.3 Å². The molecule has 5 aromatic rings. The molecule has 2 fully saturated rings. The Morgan fingerprint density at radius 1 is 0.375 bits per heavy atom. The first-order valence-corrected chi connectivity index (χ1v) is 16.8. The lowest BCUT2D eigenvalue weighted by Gasteiger charge is -2.08. The van der Waals surface area contributed by atoms with Gasteiger partial charge < -0.3 is 4.74 Å². The molecule has 0 aromatic heterocycles. The monoisotopic (exact) mass is 660 g/mol. The molecule has 1 saturated heterocycles. The molecular weight excluding hydrogens is 608 g/mol. The van der Waals surface area contributed by atoms with Gasteiger partial charge in [0, 0.05) is 19.3 Å². The first-order chi connectivity index (χ1) is 23.4. The Morgan fingerprint density at radius 2 is 0.729 bits per heavy atom. The molecule has 7 rings (SSSR count). The lowest BCUT2D eigenvalue weighted by molar-refractivity contribution is 0.0968. The van der Waals surface area contributed by atoms with Gasteiger partial charge in [0.15, 0.2) is 0 Å². The zero-order chi connectivity index (χ0) is 34.9. The molecule has 5 aromatic carbocycles. The van der Waals surface area contributed by atoms with Gasteiger partial charge in [0.05, 0.1) is 0 Å². The summed E-state index contributed by atoms with van der Waals surface area (Å²) in [5.41, 5.74) is 2.02. The highest BCUT2D eigenvalue weighted by Crippen LogP contribution is 2.15. The van der Waals surface area contributed by atoms with Crippen LogP contribution in [0.25, 0.3) is 0 Å². The van der Waals surface area contributed by atoms with Crippen molar-refractivity contribution in [2.45, 2.75) is 71.6 Å². The molecule has 0 bridgehead atoms. The maximum Gasteiger partial charge on any atom is 0.126 e. The standard InChI is InChI=1S/C7H7F.C7H8.C6H4F2.C6H5F.C6H12.C6H6.C5H10O/c1-6-4-2-3-5-7(6)8;1-7-5-3-2-4-6-7;7-5-2-1-3-6(8)4-5;7-6-4-2-1-3-5-6;3*1-2-4-6-5-3-1/h2-5H,1H3;2-6H,1H3;1-4H;1-5H;1-6H2;1-6H;1-5H2. The van der Waals surface area contributed by atoms with Crippen molar-refractivity contribution in [3.8, 4) is 0 Å². The fraction of sp³-hybridized carbons (Fsp3) is 0.302. The molecule has 5 heteroatoms. The number of halogens is 4. The second kappa shape index (κ2) is 30.1. The van der Waals surface area contributed by atoms with Crippen molar-refractivity contribution in [2.75, 3.05) is 13.2 Å². The van der Waals surface area contributed by atoms with Gasteiger partial charge >= 0.3 is 0 Å². The number of benzene rings is 5. The number of hydrogen-bond acceptors (Lipinski definition) is 1. The van der Waals surface area contributed by atoms with E-state index in [0.29, 0.717) is 5.56 Å². The van der Waals surface area contributed by atoms with Gasteiger partial charge in [-0.3, -0.25) is 0 Å². The highest BCUT2D eigenvalue weighted by Gasteiger charge is 1.96. The Labute approximate surface area is 286 Å². The Morgan fingerprint density at radius 3 is 0.958 bits per heavy atom. The van der Waals surface area contributed by atoms with Crippen LogP contribution >= 0.6 is 0 Å². The van der Waals surface area contributed by atoms with E-state index in [9.17, 15) is 17.6 Å². The predicted octanol–water partition coefficient (Wildman–Crippen LogP) is 13.1. The van der Waals surface area contributed by atoms with Crippen LogP contribution < -0.4 is 0 Å². The number of aryl methyl sites for hydroxylation is 2. The summed E-state index contributed by atoms with van der Waals surface area (Å²) in [6.07, 6.45) is 12.9. The van der Waals surface area contributed by atoms with E-state index in [1.54, 1.807) is 37.3 Å². The van der Waals surface area contributed by atoms with Gasteiger partial charge in [-0.15, -0.1) is 0 Å². The summed E-state index contributed by atoms with van der Waals surface area (Å²) in [5, 5.41) is 0. The first kappa shape index (κ1) is 41.8. The van der Waals surface area contributed by atoms with Crippen molar-refractivity contribution >= 4 is 0 Å². The van der Waals surface area contributed by atoms with Crippen molar-refractivity contribution in [1.82, 2.24) is 0 Å². The lowest BCUT2D eigenvalue weighted by atomic mass is 10.0. The molecule has 258 valence electrons. The van der Waals surface area contributed by atoms with E-state index in [4.69, 9.17) is 4.74 Å². The van der Waals surface area contributed by atoms with Crippen LogP contribution in [-0.2, 0) is 4.74 Å². The third-order valence-corrected chi connectivity index (χ3v) is 6.78. The average molecular weight is 661 g/mol. The number of rotatable bonds is 0. The molecule has 1 nitrogen and oxygen atoms in total. The predicted molar refractivity (Wildman–Crippen MR) is 194 cm³/mol. The molecular formula is C43H52F4O. The second-order valence-electron chi connectivity index (χ2n) is 11.1. The number of ether oxygens (including phenoxy) is 1. The van der Waals surface area contributed by atoms with E-state index >= 15 is 0 Å². The maximum atomic E-state index is 12.3. The second-order valence-corrected chi connectivity index (χ2v) is 11.1. The van der Waals surface area contributed by atoms with E-state index < -0.39 is 11.6 Å². The van der Waals surface area contributed by atoms with Crippen LogP contribution in [0.3, 0.4) is 0 Å². The van der Waals surface area contributed by atoms with Gasteiger partial charge in [0.2, 0.25) is 0 Å². The molecule has 0 unspecified atom stereocenters. The molecule has 0 spiro atoms. The molecule has 48 heavy (non-hydrogen) atoms. The highest BCUT2D eigenvalue weighted by atomic mass is 19.1. The minimum absolute atomic E-state index is 0.132. The zero-order valence-corrected chi connectivity index (χ0v) is 28.6. The quantitative estimate of drug-likeness (QED) is 0.150. The van der Waals surface area contributed by atoms with Crippen LogP contribution in [0.4, 0.5) is 17.6 Å². The fourth-order valence-corrected chi connectivity index (χ4v) is 4.09. The van der Waals surface area contributed by atoms with E-state index in [1.807, 2.05) is 60.7 Å². The Kier molecular flexibility index (Phi) is 26.2. The summed E-state index contributed by atoms with van der Waals surface area (Å²) < 4.78 is 53.1. The van der Waals surface area contributed by atoms with Crippen molar-refractivity contribution < 1.29 is 22.3 Å². The SMILES string of the molecule is C1CCCCC1.C1CCOCC1.Cc1ccccc1.Cc1ccccc1F.Fc1cccc(F)c1.Fc1ccccc1.c1ccccc1. The van der Waals surface area contributed by atoms with Crippen LogP contribution in [0.1, 0.15) is 68.9 Å². The lowest BCUT2D eigenvalue weighted by Crippen LogP contribution is -2.03. The summed E-state index contributed by atoms with van der Waals surface area (Å²) in [6, 6.07) is 41.5. The van der Waals surface area contributed by atoms with Crippen LogP contribution in [0.2, 0.25) is 0 Å². The summed E-state index contributed by atoms with van der Waals surface area (Å²) in [4.78, 5) is 0. The molecule has 1 heterocycles. The van der Waals surface area contributed by atoms with Gasteiger partial charge in [-0.25, -0.2) is 17.6 Å². The summed E-state index contributed by atoms with van der Waals surface area (Å²) >= 11 is 0. The molecule has 0 atom stereocenters. The summed E-state index contributed by atoms with van der Waals surface area (Å²) in [6.45, 7) is 5.83. The van der Waals surface area contributed by atoms with Gasteiger partial charge in [-0.05, 0) is 69.0 Å². The molecule has 1 aliphatic carbocycles. The van der Waals surface area contributed by atoms with Crippen LogP contribution in [0, 0.1) is 37.1 Å². The molecule has 0 amide bonds. The zero-order valence-electron chi connectivity index (χ0n) is 28.6. The Hall–Kier alpha value is -4.22. The van der Waals surface area contributed by atoms with E-state index in [1.165, 1.54) is 99.7 Å². The molecule has 0 N–H and O–H groups in total. The normalized spacial score (nSPS) is 12.6. The van der Waals surface area contributed by atoms with Crippen molar-refractivity contribution in [2.24, 2.45) is 0 Å². The minimum Gasteiger partial charge on any atom is -0.381 e. The van der Waals surface area contributed by atoms with Crippen molar-refractivity contribution in [1.29, 1.82) is 0 Å². The molecule has 1 aliphatic heterocycles. The summed E-state index contributed by atoms with van der Waals surface area (Å²) in [5.74, 6) is -1.38. The van der Waals surface area contributed by atoms with Crippen LogP contribution in [0.5, 0.6) is 0 Å². The third kappa shape index (κ3) is 26.9. The Balaban J connectivity index is 0.000000281. The largest absolute Gasteiger partial charge is 0.381 e. The maximum absolute atomic E-state index is 12.3. The number of hydrogen-bond donors (Lipinski definition) is 0. The Bertz CT molecular complexity index is 1240. The highest BCUT2D eigenvalue weighted by molar-refractivity contribution is 5.14. The van der Waals surface area contributed by atoms with Crippen molar-refractivity contribution in [3.05, 3.63) is 180 Å². The smallest absolute Gasteiger partial charge is 0.126 e. The third-order valence-electron chi connectivity index (χ3n) is 6.78. The van der Waals surface area contributed by atoms with Gasteiger partial charge in [-0.1, -0.05) is 153 Å². The molecule has 0 radical (unpaired) electrons. The first-order valence-electron chi connectivity index (χ1n) is 16.8. The van der Waals surface area contributed by atoms with Crippen LogP contribution in [0.15, 0.2) is 146 Å². The van der Waals surface area contributed by atoms with Crippen molar-refractivity contribution in [3.63, 3.8) is 0 Å². The van der Waals surface area contributed by atoms with Gasteiger partial charge in [0.25, 0.3) is 0 Å². The molecule has 1 saturated carbocycles. The fourth-order valence-electron chi connectivity index (χ4n) is 4.09. The topological polar surface area (TPSA) is 9.23 Å². The average Bonchev–Trinajstić information content (AvgIpc) is 3.14. The molecule has 2 aliphatic rings. The van der Waals surface area contributed by atoms with Gasteiger partial charge in [-0.2, -0.15) is 0 Å². The van der Waals surface area contributed by atoms with Crippen LogP contribution in [-0.4, -0.2) is 13.2 Å². The van der Waals surface area contributed by atoms with Gasteiger partial charge in [0.1, 0.15) is 23.3 Å². The van der Waals surface area contributed by atoms with E-state index in [2.05, 4.69) is 19.1 Å². The van der Waals surface area contributed by atoms with E-state index in [-0.39, 0.29) is 11.6 Å².